The van der Waals surface area contributed by atoms with Crippen LogP contribution in [0.2, 0.25) is 0 Å². The summed E-state index contributed by atoms with van der Waals surface area (Å²) in [5.41, 5.74) is 0.869. The molecule has 0 spiro atoms. The van der Waals surface area contributed by atoms with Crippen LogP contribution in [0.5, 0.6) is 0 Å². The summed E-state index contributed by atoms with van der Waals surface area (Å²) < 4.78 is 58.0. The second-order valence-electron chi connectivity index (χ2n) is 5.40. The first-order chi connectivity index (χ1) is 12.3. The van der Waals surface area contributed by atoms with Gasteiger partial charge >= 0.3 is 0 Å². The van der Waals surface area contributed by atoms with Gasteiger partial charge in [0.15, 0.2) is 0 Å². The first-order valence-electron chi connectivity index (χ1n) is 7.64. The molecule has 0 bridgehead atoms. The van der Waals surface area contributed by atoms with Gasteiger partial charge in [0.2, 0.25) is 5.91 Å². The highest BCUT2D eigenvalue weighted by atomic mass is 32.2. The van der Waals surface area contributed by atoms with E-state index in [1.54, 1.807) is 12.1 Å². The average Bonchev–Trinajstić information content (AvgIpc) is 2.56. The first-order valence-corrected chi connectivity index (χ1v) is 9.12. The molecule has 1 amide bonds. The van der Waals surface area contributed by atoms with E-state index in [1.807, 2.05) is 0 Å². The van der Waals surface area contributed by atoms with Gasteiger partial charge in [0.1, 0.15) is 16.5 Å². The van der Waals surface area contributed by atoms with Crippen molar-refractivity contribution < 1.29 is 26.7 Å². The SMILES string of the molecule is COCCNC(=O)Cc1ccc(NS(=O)(=O)c2ccc(F)cc2F)cc1. The molecule has 2 rings (SSSR count). The molecule has 140 valence electrons. The molecule has 0 saturated heterocycles. The maximum Gasteiger partial charge on any atom is 0.264 e. The number of benzene rings is 2. The number of nitrogens with one attached hydrogen (secondary N) is 2. The van der Waals surface area contributed by atoms with Gasteiger partial charge in [0.25, 0.3) is 10.0 Å². The summed E-state index contributed by atoms with van der Waals surface area (Å²) in [5, 5.41) is 2.67. The second-order valence-corrected chi connectivity index (χ2v) is 7.05. The van der Waals surface area contributed by atoms with E-state index < -0.39 is 26.6 Å². The van der Waals surface area contributed by atoms with Gasteiger partial charge in [-0.1, -0.05) is 12.1 Å². The highest BCUT2D eigenvalue weighted by Crippen LogP contribution is 2.20. The molecule has 2 aromatic carbocycles. The molecule has 0 aromatic heterocycles. The Hall–Kier alpha value is -2.52. The van der Waals surface area contributed by atoms with Crippen LogP contribution in [0.3, 0.4) is 0 Å². The van der Waals surface area contributed by atoms with Crippen molar-refractivity contribution in [2.75, 3.05) is 25.0 Å². The van der Waals surface area contributed by atoms with Crippen LogP contribution in [0.25, 0.3) is 0 Å². The molecular formula is C17H18F2N2O4S. The number of hydrogen-bond donors (Lipinski definition) is 2. The van der Waals surface area contributed by atoms with Crippen molar-refractivity contribution >= 4 is 21.6 Å². The molecule has 0 heterocycles. The largest absolute Gasteiger partial charge is 0.383 e. The van der Waals surface area contributed by atoms with Crippen LogP contribution in [-0.4, -0.2) is 34.6 Å². The number of ether oxygens (including phenoxy) is 1. The Morgan fingerprint density at radius 3 is 2.42 bits per heavy atom. The Morgan fingerprint density at radius 1 is 1.12 bits per heavy atom. The van der Waals surface area contributed by atoms with Crippen molar-refractivity contribution in [3.05, 3.63) is 59.7 Å². The zero-order valence-corrected chi connectivity index (χ0v) is 14.8. The standard InChI is InChI=1S/C17H18F2N2O4S/c1-25-9-8-20-17(22)10-12-2-5-14(6-3-12)21-26(23,24)16-7-4-13(18)11-15(16)19/h2-7,11,21H,8-10H2,1H3,(H,20,22). The molecule has 0 fully saturated rings. The summed E-state index contributed by atoms with van der Waals surface area (Å²) in [7, 11) is -2.66. The zero-order chi connectivity index (χ0) is 19.2. The normalized spacial score (nSPS) is 11.2. The van der Waals surface area contributed by atoms with Gasteiger partial charge in [-0.05, 0) is 29.8 Å². The summed E-state index contributed by atoms with van der Waals surface area (Å²) in [6.07, 6.45) is 0.128. The summed E-state index contributed by atoms with van der Waals surface area (Å²) in [6.45, 7) is 0.808. The van der Waals surface area contributed by atoms with Crippen LogP contribution in [0.1, 0.15) is 5.56 Å². The van der Waals surface area contributed by atoms with Gasteiger partial charge < -0.3 is 10.1 Å². The molecule has 0 aliphatic carbocycles. The van der Waals surface area contributed by atoms with Crippen molar-refractivity contribution in [3.63, 3.8) is 0 Å². The summed E-state index contributed by atoms with van der Waals surface area (Å²) in [5.74, 6) is -2.24. The summed E-state index contributed by atoms with van der Waals surface area (Å²) in [4.78, 5) is 11.0. The van der Waals surface area contributed by atoms with Gasteiger partial charge in [-0.15, -0.1) is 0 Å². The third kappa shape index (κ3) is 5.50. The minimum Gasteiger partial charge on any atom is -0.383 e. The van der Waals surface area contributed by atoms with E-state index in [9.17, 15) is 22.0 Å². The maximum atomic E-state index is 13.7. The Morgan fingerprint density at radius 2 is 1.81 bits per heavy atom. The van der Waals surface area contributed by atoms with E-state index in [4.69, 9.17) is 4.74 Å². The second kappa shape index (κ2) is 8.72. The van der Waals surface area contributed by atoms with Crippen molar-refractivity contribution in [2.45, 2.75) is 11.3 Å². The quantitative estimate of drug-likeness (QED) is 0.683. The van der Waals surface area contributed by atoms with E-state index in [0.29, 0.717) is 24.8 Å². The number of sulfonamides is 1. The number of halogens is 2. The molecule has 0 aliphatic rings. The van der Waals surface area contributed by atoms with Gasteiger partial charge in [0.05, 0.1) is 13.0 Å². The zero-order valence-electron chi connectivity index (χ0n) is 14.0. The Labute approximate surface area is 150 Å². The van der Waals surface area contributed by atoms with E-state index >= 15 is 0 Å². The number of hydrogen-bond acceptors (Lipinski definition) is 4. The van der Waals surface area contributed by atoms with Crippen LogP contribution >= 0.6 is 0 Å². The van der Waals surface area contributed by atoms with Gasteiger partial charge in [-0.25, -0.2) is 17.2 Å². The van der Waals surface area contributed by atoms with E-state index in [-0.39, 0.29) is 18.0 Å². The molecule has 2 N–H and O–H groups in total. The lowest BCUT2D eigenvalue weighted by atomic mass is 10.1. The number of carbonyl (C=O) groups is 1. The van der Waals surface area contributed by atoms with Gasteiger partial charge in [0, 0.05) is 25.4 Å². The number of carbonyl (C=O) groups excluding carboxylic acids is 1. The van der Waals surface area contributed by atoms with Crippen molar-refractivity contribution in [1.29, 1.82) is 0 Å². The molecule has 6 nitrogen and oxygen atoms in total. The predicted octanol–water partition coefficient (Wildman–Crippen LogP) is 2.07. The molecule has 2 aromatic rings. The van der Waals surface area contributed by atoms with Gasteiger partial charge in [-0.2, -0.15) is 0 Å². The number of methoxy groups -OCH3 is 1. The van der Waals surface area contributed by atoms with E-state index in [2.05, 4.69) is 10.0 Å². The Balaban J connectivity index is 2.03. The third-order valence-electron chi connectivity index (χ3n) is 3.38. The van der Waals surface area contributed by atoms with E-state index in [0.717, 1.165) is 12.1 Å². The highest BCUT2D eigenvalue weighted by molar-refractivity contribution is 7.92. The molecular weight excluding hydrogens is 366 g/mol. The molecule has 0 aliphatic heterocycles. The molecule has 26 heavy (non-hydrogen) atoms. The number of anilines is 1. The van der Waals surface area contributed by atoms with Crippen LogP contribution in [0.4, 0.5) is 14.5 Å². The van der Waals surface area contributed by atoms with Crippen molar-refractivity contribution in [3.8, 4) is 0 Å². The number of amides is 1. The van der Waals surface area contributed by atoms with Crippen LogP contribution in [0.15, 0.2) is 47.4 Å². The lowest BCUT2D eigenvalue weighted by Gasteiger charge is -2.10. The lowest BCUT2D eigenvalue weighted by Crippen LogP contribution is -2.28. The van der Waals surface area contributed by atoms with Crippen molar-refractivity contribution in [1.82, 2.24) is 5.32 Å². The fourth-order valence-corrected chi connectivity index (χ4v) is 3.25. The minimum absolute atomic E-state index is 0.128. The first kappa shape index (κ1) is 19.8. The molecule has 9 heteroatoms. The van der Waals surface area contributed by atoms with Crippen LogP contribution in [0, 0.1) is 11.6 Å². The molecule has 0 atom stereocenters. The molecule has 0 saturated carbocycles. The third-order valence-corrected chi connectivity index (χ3v) is 4.80. The summed E-state index contributed by atoms with van der Waals surface area (Å²) in [6, 6.07) is 8.28. The maximum absolute atomic E-state index is 13.7. The topological polar surface area (TPSA) is 84.5 Å². The fourth-order valence-electron chi connectivity index (χ4n) is 2.13. The van der Waals surface area contributed by atoms with E-state index in [1.165, 1.54) is 19.2 Å². The average molecular weight is 384 g/mol. The Kier molecular flexibility index (Phi) is 6.64. The van der Waals surface area contributed by atoms with Crippen LogP contribution in [-0.2, 0) is 26.0 Å². The fraction of sp³-hybridized carbons (Fsp3) is 0.235. The minimum atomic E-state index is -4.20. The van der Waals surface area contributed by atoms with Gasteiger partial charge in [-0.3, -0.25) is 9.52 Å². The lowest BCUT2D eigenvalue weighted by molar-refractivity contribution is -0.120. The van der Waals surface area contributed by atoms with Crippen molar-refractivity contribution in [2.24, 2.45) is 0 Å². The molecule has 0 unspecified atom stereocenters. The van der Waals surface area contributed by atoms with Crippen LogP contribution < -0.4 is 10.0 Å². The highest BCUT2D eigenvalue weighted by Gasteiger charge is 2.19. The Bertz CT molecular complexity index is 871. The molecule has 0 radical (unpaired) electrons. The number of rotatable bonds is 8. The summed E-state index contributed by atoms with van der Waals surface area (Å²) >= 11 is 0. The predicted molar refractivity (Wildman–Crippen MR) is 92.2 cm³/mol. The smallest absolute Gasteiger partial charge is 0.264 e. The monoisotopic (exact) mass is 384 g/mol.